The summed E-state index contributed by atoms with van der Waals surface area (Å²) in [5.74, 6) is 0.248. The molecule has 5 atom stereocenters. The SMILES string of the molecule is CCOCC(COC=O)OC(=O)C12CC(CC)CC(C1)C(=O)C(C)C2. The Hall–Kier alpha value is -1.43. The average Bonchev–Trinajstić information content (AvgIpc) is 2.61. The zero-order valence-electron chi connectivity index (χ0n) is 15.5. The van der Waals surface area contributed by atoms with Crippen molar-refractivity contribution in [3.8, 4) is 0 Å². The van der Waals surface area contributed by atoms with Gasteiger partial charge < -0.3 is 14.2 Å². The molecule has 0 aromatic heterocycles. The topological polar surface area (TPSA) is 78.9 Å². The van der Waals surface area contributed by atoms with Gasteiger partial charge in [-0.15, -0.1) is 0 Å². The number of esters is 1. The molecular weight excluding hydrogens is 324 g/mol. The van der Waals surface area contributed by atoms with E-state index in [0.717, 1.165) is 19.3 Å². The van der Waals surface area contributed by atoms with Crippen molar-refractivity contribution in [3.05, 3.63) is 0 Å². The zero-order valence-corrected chi connectivity index (χ0v) is 15.5. The molecule has 25 heavy (non-hydrogen) atoms. The molecule has 2 fully saturated rings. The lowest BCUT2D eigenvalue weighted by atomic mass is 9.55. The third-order valence-electron chi connectivity index (χ3n) is 5.66. The fourth-order valence-electron chi connectivity index (χ4n) is 4.50. The highest BCUT2D eigenvalue weighted by Crippen LogP contribution is 2.52. The molecule has 2 saturated carbocycles. The van der Waals surface area contributed by atoms with Crippen LogP contribution in [0.1, 0.15) is 52.9 Å². The minimum Gasteiger partial charge on any atom is -0.464 e. The summed E-state index contributed by atoms with van der Waals surface area (Å²) in [5, 5.41) is 0. The van der Waals surface area contributed by atoms with Gasteiger partial charge in [0.1, 0.15) is 12.4 Å². The van der Waals surface area contributed by atoms with Gasteiger partial charge in [-0.1, -0.05) is 20.3 Å². The van der Waals surface area contributed by atoms with E-state index in [2.05, 4.69) is 6.92 Å². The number of fused-ring (bicyclic) bond motifs is 2. The quantitative estimate of drug-likeness (QED) is 0.468. The first-order valence-corrected chi connectivity index (χ1v) is 9.33. The van der Waals surface area contributed by atoms with Crippen molar-refractivity contribution in [1.82, 2.24) is 0 Å². The van der Waals surface area contributed by atoms with Crippen molar-refractivity contribution in [2.45, 2.75) is 59.0 Å². The Bertz CT molecular complexity index is 486. The van der Waals surface area contributed by atoms with E-state index in [1.165, 1.54) is 0 Å². The molecule has 0 spiro atoms. The van der Waals surface area contributed by atoms with Gasteiger partial charge >= 0.3 is 5.97 Å². The molecule has 2 aliphatic carbocycles. The summed E-state index contributed by atoms with van der Waals surface area (Å²) in [6.07, 6.45) is 3.14. The highest BCUT2D eigenvalue weighted by molar-refractivity contribution is 5.88. The van der Waals surface area contributed by atoms with Gasteiger partial charge in [0.25, 0.3) is 6.47 Å². The lowest BCUT2D eigenvalue weighted by molar-refractivity contribution is -0.179. The Kier molecular flexibility index (Phi) is 6.99. The van der Waals surface area contributed by atoms with Gasteiger partial charge in [-0.05, 0) is 38.5 Å². The van der Waals surface area contributed by atoms with E-state index >= 15 is 0 Å². The minimum atomic E-state index is -0.611. The summed E-state index contributed by atoms with van der Waals surface area (Å²) in [7, 11) is 0. The van der Waals surface area contributed by atoms with Crippen molar-refractivity contribution in [1.29, 1.82) is 0 Å². The van der Waals surface area contributed by atoms with Crippen LogP contribution in [-0.4, -0.2) is 44.1 Å². The molecule has 0 N–H and O–H groups in total. The zero-order chi connectivity index (χ0) is 18.4. The van der Waals surface area contributed by atoms with Crippen LogP contribution in [0.25, 0.3) is 0 Å². The molecule has 5 unspecified atom stereocenters. The van der Waals surface area contributed by atoms with Gasteiger partial charge in [-0.25, -0.2) is 0 Å². The Morgan fingerprint density at radius 3 is 2.68 bits per heavy atom. The molecule has 2 rings (SSSR count). The Morgan fingerprint density at radius 1 is 1.28 bits per heavy atom. The molecule has 142 valence electrons. The predicted octanol–water partition coefficient (Wildman–Crippen LogP) is 2.53. The van der Waals surface area contributed by atoms with Crippen LogP contribution >= 0.6 is 0 Å². The van der Waals surface area contributed by atoms with Crippen LogP contribution in [0.3, 0.4) is 0 Å². The monoisotopic (exact) mass is 354 g/mol. The fraction of sp³-hybridized carbons (Fsp3) is 0.842. The van der Waals surface area contributed by atoms with E-state index in [9.17, 15) is 14.4 Å². The first-order chi connectivity index (χ1) is 12.0. The summed E-state index contributed by atoms with van der Waals surface area (Å²) >= 11 is 0. The number of ketones is 1. The first kappa shape index (κ1) is 19.9. The molecule has 6 nitrogen and oxygen atoms in total. The maximum Gasteiger partial charge on any atom is 0.312 e. The van der Waals surface area contributed by atoms with E-state index in [-0.39, 0.29) is 36.8 Å². The van der Waals surface area contributed by atoms with E-state index in [0.29, 0.717) is 31.8 Å². The van der Waals surface area contributed by atoms with Gasteiger partial charge in [-0.3, -0.25) is 14.4 Å². The van der Waals surface area contributed by atoms with Crippen LogP contribution in [0, 0.1) is 23.2 Å². The van der Waals surface area contributed by atoms with Gasteiger partial charge in [0.15, 0.2) is 6.10 Å². The van der Waals surface area contributed by atoms with Gasteiger partial charge in [0.2, 0.25) is 0 Å². The lowest BCUT2D eigenvalue weighted by Gasteiger charge is -2.48. The number of ether oxygens (including phenoxy) is 3. The molecule has 2 bridgehead atoms. The van der Waals surface area contributed by atoms with Crippen LogP contribution in [-0.2, 0) is 28.6 Å². The van der Waals surface area contributed by atoms with E-state index in [4.69, 9.17) is 14.2 Å². The maximum absolute atomic E-state index is 13.0. The minimum absolute atomic E-state index is 0.0135. The Morgan fingerprint density at radius 2 is 2.04 bits per heavy atom. The predicted molar refractivity (Wildman–Crippen MR) is 90.7 cm³/mol. The molecule has 0 aromatic rings. The Balaban J connectivity index is 2.12. The second kappa shape index (κ2) is 8.79. The summed E-state index contributed by atoms with van der Waals surface area (Å²) < 4.78 is 15.8. The number of carbonyl (C=O) groups is 3. The molecule has 0 radical (unpaired) electrons. The average molecular weight is 354 g/mol. The summed E-state index contributed by atoms with van der Waals surface area (Å²) in [6.45, 7) is 6.89. The van der Waals surface area contributed by atoms with Crippen molar-refractivity contribution in [3.63, 3.8) is 0 Å². The number of rotatable bonds is 9. The molecule has 0 aliphatic heterocycles. The largest absolute Gasteiger partial charge is 0.464 e. The van der Waals surface area contributed by atoms with Crippen LogP contribution in [0.15, 0.2) is 0 Å². The van der Waals surface area contributed by atoms with E-state index < -0.39 is 11.5 Å². The standard InChI is InChI=1S/C19H30O6/c1-4-14-6-15-9-19(8-14,7-13(3)17(15)21)18(22)25-16(10-23-5-2)11-24-12-20/h12-16H,4-11H2,1-3H3. The van der Waals surface area contributed by atoms with Crippen LogP contribution in [0.5, 0.6) is 0 Å². The van der Waals surface area contributed by atoms with Crippen molar-refractivity contribution >= 4 is 18.2 Å². The third-order valence-corrected chi connectivity index (χ3v) is 5.66. The summed E-state index contributed by atoms with van der Waals surface area (Å²) in [6, 6.07) is 0. The highest BCUT2D eigenvalue weighted by atomic mass is 16.6. The van der Waals surface area contributed by atoms with Crippen molar-refractivity contribution in [2.75, 3.05) is 19.8 Å². The van der Waals surface area contributed by atoms with Crippen LogP contribution < -0.4 is 0 Å². The molecule has 0 aromatic carbocycles. The van der Waals surface area contributed by atoms with Gasteiger partial charge in [0, 0.05) is 18.4 Å². The highest BCUT2D eigenvalue weighted by Gasteiger charge is 2.54. The number of hydrogen-bond donors (Lipinski definition) is 0. The van der Waals surface area contributed by atoms with Gasteiger partial charge in [-0.2, -0.15) is 0 Å². The maximum atomic E-state index is 13.0. The second-order valence-corrected chi connectivity index (χ2v) is 7.52. The van der Waals surface area contributed by atoms with Crippen molar-refractivity contribution < 1.29 is 28.6 Å². The normalized spacial score (nSPS) is 32.8. The number of carbonyl (C=O) groups excluding carboxylic acids is 3. The van der Waals surface area contributed by atoms with Crippen molar-refractivity contribution in [2.24, 2.45) is 23.2 Å². The molecule has 2 aliphatic rings. The fourth-order valence-corrected chi connectivity index (χ4v) is 4.50. The molecule has 0 saturated heterocycles. The summed E-state index contributed by atoms with van der Waals surface area (Å²) in [5.41, 5.74) is -0.595. The summed E-state index contributed by atoms with van der Waals surface area (Å²) in [4.78, 5) is 35.9. The molecule has 0 amide bonds. The number of Topliss-reactive ketones (excluding diaryl/α,β-unsaturated/α-hetero) is 1. The van der Waals surface area contributed by atoms with Crippen LogP contribution in [0.2, 0.25) is 0 Å². The van der Waals surface area contributed by atoms with Gasteiger partial charge in [0.05, 0.1) is 12.0 Å². The smallest absolute Gasteiger partial charge is 0.312 e. The lowest BCUT2D eigenvalue weighted by Crippen LogP contribution is -2.50. The molecular formula is C19H30O6. The van der Waals surface area contributed by atoms with E-state index in [1.54, 1.807) is 0 Å². The van der Waals surface area contributed by atoms with Crippen LogP contribution in [0.4, 0.5) is 0 Å². The second-order valence-electron chi connectivity index (χ2n) is 7.52. The Labute approximate surface area is 149 Å². The number of hydrogen-bond acceptors (Lipinski definition) is 6. The van der Waals surface area contributed by atoms with E-state index in [1.807, 2.05) is 13.8 Å². The molecule has 0 heterocycles. The first-order valence-electron chi connectivity index (χ1n) is 9.33. The molecule has 6 heteroatoms. The third kappa shape index (κ3) is 4.60.